The number of benzene rings is 2. The zero-order chi connectivity index (χ0) is 21.9. The fraction of sp³-hybridized carbons (Fsp3) is 0.375. The van der Waals surface area contributed by atoms with E-state index in [9.17, 15) is 4.79 Å². The Morgan fingerprint density at radius 2 is 1.68 bits per heavy atom. The van der Waals surface area contributed by atoms with Gasteiger partial charge < -0.3 is 18.9 Å². The van der Waals surface area contributed by atoms with E-state index in [0.717, 1.165) is 38.4 Å². The summed E-state index contributed by atoms with van der Waals surface area (Å²) >= 11 is 3.48. The van der Waals surface area contributed by atoms with Gasteiger partial charge in [0.25, 0.3) is 0 Å². The molecule has 0 spiro atoms. The van der Waals surface area contributed by atoms with Gasteiger partial charge in [-0.15, -0.1) is 11.8 Å². The number of rotatable bonds is 11. The van der Waals surface area contributed by atoms with E-state index in [-0.39, 0.29) is 12.1 Å². The van der Waals surface area contributed by atoms with Crippen molar-refractivity contribution in [1.82, 2.24) is 0 Å². The largest absolute Gasteiger partial charge is 0.497 e. The molecule has 0 fully saturated rings. The first-order chi connectivity index (χ1) is 15.1. The van der Waals surface area contributed by atoms with Crippen LogP contribution in [0, 0.1) is 0 Å². The highest BCUT2D eigenvalue weighted by molar-refractivity contribution is 8.09. The lowest BCUT2D eigenvalue weighted by Crippen LogP contribution is -2.23. The van der Waals surface area contributed by atoms with Gasteiger partial charge in [-0.25, -0.2) is 0 Å². The molecule has 1 heterocycles. The van der Waals surface area contributed by atoms with Crippen molar-refractivity contribution in [3.05, 3.63) is 75.7 Å². The number of esters is 1. The van der Waals surface area contributed by atoms with Gasteiger partial charge in [-0.3, -0.25) is 4.79 Å². The van der Waals surface area contributed by atoms with Crippen LogP contribution in [0.3, 0.4) is 0 Å². The minimum Gasteiger partial charge on any atom is -0.497 e. The molecular weight excluding hydrogens is 432 g/mol. The Labute approximate surface area is 192 Å². The molecule has 3 rings (SSSR count). The van der Waals surface area contributed by atoms with E-state index in [1.165, 1.54) is 6.92 Å². The van der Waals surface area contributed by atoms with E-state index in [2.05, 4.69) is 0 Å². The van der Waals surface area contributed by atoms with Crippen molar-refractivity contribution >= 4 is 29.5 Å². The van der Waals surface area contributed by atoms with Crippen LogP contribution < -0.4 is 4.74 Å². The molecule has 5 nitrogen and oxygen atoms in total. The van der Waals surface area contributed by atoms with Crippen LogP contribution in [0.5, 0.6) is 5.75 Å². The zero-order valence-electron chi connectivity index (χ0n) is 17.9. The molecule has 0 aromatic heterocycles. The van der Waals surface area contributed by atoms with Gasteiger partial charge in [0.15, 0.2) is 5.09 Å². The summed E-state index contributed by atoms with van der Waals surface area (Å²) in [4.78, 5) is 12.7. The Morgan fingerprint density at radius 3 is 2.39 bits per heavy atom. The van der Waals surface area contributed by atoms with Crippen LogP contribution >= 0.6 is 23.5 Å². The lowest BCUT2D eigenvalue weighted by molar-refractivity contribution is -0.149. The van der Waals surface area contributed by atoms with Crippen molar-refractivity contribution in [3.8, 4) is 5.75 Å². The fourth-order valence-corrected chi connectivity index (χ4v) is 5.35. The molecule has 0 radical (unpaired) electrons. The molecule has 1 atom stereocenters. The summed E-state index contributed by atoms with van der Waals surface area (Å²) in [5.41, 5.74) is 2.17. The van der Waals surface area contributed by atoms with Gasteiger partial charge in [-0.05, 0) is 23.3 Å². The molecular formula is C24H28O5S2. The summed E-state index contributed by atoms with van der Waals surface area (Å²) < 4.78 is 22.7. The topological polar surface area (TPSA) is 54.0 Å². The van der Waals surface area contributed by atoms with Crippen molar-refractivity contribution in [2.45, 2.75) is 32.7 Å². The number of hydrogen-bond donors (Lipinski definition) is 0. The highest BCUT2D eigenvalue weighted by atomic mass is 32.2. The minimum atomic E-state index is -0.345. The van der Waals surface area contributed by atoms with Crippen LogP contribution in [-0.4, -0.2) is 37.3 Å². The standard InChI is InChI=1S/C24H28O5S2/c1-18(25)29-22(17-27-15-19-6-4-3-5-7-19)14-23-24(31-13-12-30-23)28-16-20-8-10-21(26-2)11-9-20/h3-11,22H,12-17H2,1-2H3/t22-/m1/s1. The van der Waals surface area contributed by atoms with Gasteiger partial charge in [-0.2, -0.15) is 0 Å². The van der Waals surface area contributed by atoms with Crippen molar-refractivity contribution in [3.63, 3.8) is 0 Å². The van der Waals surface area contributed by atoms with Crippen molar-refractivity contribution < 1.29 is 23.7 Å². The Hall–Kier alpha value is -2.09. The van der Waals surface area contributed by atoms with Crippen LogP contribution in [-0.2, 0) is 32.2 Å². The normalized spacial score (nSPS) is 14.8. The maximum absolute atomic E-state index is 11.6. The van der Waals surface area contributed by atoms with Gasteiger partial charge in [0.2, 0.25) is 0 Å². The molecule has 0 amide bonds. The summed E-state index contributed by atoms with van der Waals surface area (Å²) in [5, 5.41) is 0.910. The van der Waals surface area contributed by atoms with E-state index in [0.29, 0.717) is 26.2 Å². The molecule has 31 heavy (non-hydrogen) atoms. The third-order valence-corrected chi connectivity index (χ3v) is 7.04. The molecule has 2 aromatic carbocycles. The quantitative estimate of drug-likeness (QED) is 0.416. The number of carbonyl (C=O) groups excluding carboxylic acids is 1. The summed E-state index contributed by atoms with van der Waals surface area (Å²) in [6.45, 7) is 2.75. The van der Waals surface area contributed by atoms with Crippen LogP contribution in [0.4, 0.5) is 0 Å². The van der Waals surface area contributed by atoms with Gasteiger partial charge >= 0.3 is 5.97 Å². The Balaban J connectivity index is 1.60. The average Bonchev–Trinajstić information content (AvgIpc) is 2.79. The number of hydrogen-bond acceptors (Lipinski definition) is 7. The van der Waals surface area contributed by atoms with Crippen molar-refractivity contribution in [2.24, 2.45) is 0 Å². The number of ether oxygens (including phenoxy) is 4. The second kappa shape index (κ2) is 12.7. The third kappa shape index (κ3) is 8.16. The van der Waals surface area contributed by atoms with E-state index in [4.69, 9.17) is 18.9 Å². The fourth-order valence-electron chi connectivity index (χ4n) is 3.03. The SMILES string of the molecule is COc1ccc(COC2=C(C[C@H](COCc3ccccc3)OC(C)=O)SCCS2)cc1. The summed E-state index contributed by atoms with van der Waals surface area (Å²) in [6.07, 6.45) is 0.242. The first-order valence-electron chi connectivity index (χ1n) is 10.2. The summed E-state index contributed by atoms with van der Waals surface area (Å²) in [7, 11) is 1.65. The maximum Gasteiger partial charge on any atom is 0.302 e. The van der Waals surface area contributed by atoms with Crippen molar-refractivity contribution in [2.75, 3.05) is 25.2 Å². The van der Waals surface area contributed by atoms with E-state index in [1.54, 1.807) is 30.6 Å². The highest BCUT2D eigenvalue weighted by Crippen LogP contribution is 2.38. The lowest BCUT2D eigenvalue weighted by Gasteiger charge is -2.23. The van der Waals surface area contributed by atoms with E-state index >= 15 is 0 Å². The minimum absolute atomic E-state index is 0.303. The lowest BCUT2D eigenvalue weighted by atomic mass is 10.2. The monoisotopic (exact) mass is 460 g/mol. The Morgan fingerprint density at radius 1 is 0.968 bits per heavy atom. The molecule has 1 aliphatic rings. The number of methoxy groups -OCH3 is 1. The van der Waals surface area contributed by atoms with Crippen LogP contribution in [0.1, 0.15) is 24.5 Å². The molecule has 2 aromatic rings. The molecule has 0 N–H and O–H groups in total. The Bertz CT molecular complexity index is 852. The number of carbonyl (C=O) groups is 1. The summed E-state index contributed by atoms with van der Waals surface area (Å²) in [5.74, 6) is 2.52. The van der Waals surface area contributed by atoms with Crippen LogP contribution in [0.25, 0.3) is 0 Å². The molecule has 1 aliphatic heterocycles. The molecule has 0 saturated heterocycles. The van der Waals surface area contributed by atoms with Gasteiger partial charge in [-0.1, -0.05) is 54.2 Å². The predicted octanol–water partition coefficient (Wildman–Crippen LogP) is 5.40. The zero-order valence-corrected chi connectivity index (χ0v) is 19.5. The average molecular weight is 461 g/mol. The molecule has 166 valence electrons. The van der Waals surface area contributed by atoms with E-state index in [1.807, 2.05) is 54.6 Å². The smallest absolute Gasteiger partial charge is 0.302 e. The molecule has 0 unspecified atom stereocenters. The van der Waals surface area contributed by atoms with Gasteiger partial charge in [0.05, 0.1) is 20.3 Å². The maximum atomic E-state index is 11.6. The first kappa shape index (κ1) is 23.6. The molecule has 0 saturated carbocycles. The van der Waals surface area contributed by atoms with E-state index < -0.39 is 0 Å². The van der Waals surface area contributed by atoms with Gasteiger partial charge in [0.1, 0.15) is 18.5 Å². The van der Waals surface area contributed by atoms with Crippen LogP contribution in [0.2, 0.25) is 0 Å². The predicted molar refractivity (Wildman–Crippen MR) is 126 cm³/mol. The highest BCUT2D eigenvalue weighted by Gasteiger charge is 2.22. The summed E-state index contributed by atoms with van der Waals surface area (Å²) in [6, 6.07) is 17.8. The molecule has 0 bridgehead atoms. The van der Waals surface area contributed by atoms with Gasteiger partial charge in [0, 0.05) is 29.8 Å². The second-order valence-electron chi connectivity index (χ2n) is 6.98. The van der Waals surface area contributed by atoms with Crippen molar-refractivity contribution in [1.29, 1.82) is 0 Å². The second-order valence-corrected chi connectivity index (χ2v) is 9.24. The Kier molecular flexibility index (Phi) is 9.65. The first-order valence-corrected chi connectivity index (χ1v) is 12.1. The number of thioether (sulfide) groups is 2. The molecule has 7 heteroatoms. The molecule has 0 aliphatic carbocycles. The van der Waals surface area contributed by atoms with Crippen LogP contribution in [0.15, 0.2) is 64.6 Å². The third-order valence-electron chi connectivity index (χ3n) is 4.51.